The van der Waals surface area contributed by atoms with Gasteiger partial charge in [-0.05, 0) is 12.1 Å². The van der Waals surface area contributed by atoms with Crippen LogP contribution >= 0.6 is 0 Å². The Kier molecular flexibility index (Phi) is 3.63. The summed E-state index contributed by atoms with van der Waals surface area (Å²) in [6.07, 6.45) is 0. The molecule has 104 valence electrons. The van der Waals surface area contributed by atoms with E-state index in [1.54, 1.807) is 0 Å². The van der Waals surface area contributed by atoms with E-state index in [1.165, 1.54) is 18.2 Å². The third-order valence-electron chi connectivity index (χ3n) is 2.59. The summed E-state index contributed by atoms with van der Waals surface area (Å²) >= 11 is 0. The summed E-state index contributed by atoms with van der Waals surface area (Å²) in [4.78, 5) is 10.6. The Balaban J connectivity index is 2.28. The lowest BCUT2D eigenvalue weighted by Crippen LogP contribution is -2.37. The quantitative estimate of drug-likeness (QED) is 0.777. The van der Waals surface area contributed by atoms with Crippen molar-refractivity contribution in [2.24, 2.45) is 5.73 Å². The van der Waals surface area contributed by atoms with Gasteiger partial charge in [-0.2, -0.15) is 0 Å². The Morgan fingerprint density at radius 3 is 2.58 bits per heavy atom. The molecule has 0 fully saturated rings. The lowest BCUT2D eigenvalue weighted by molar-refractivity contribution is -0.137. The third kappa shape index (κ3) is 2.96. The van der Waals surface area contributed by atoms with Gasteiger partial charge in [0.1, 0.15) is 19.3 Å². The summed E-state index contributed by atoms with van der Waals surface area (Å²) in [7, 11) is -3.78. The van der Waals surface area contributed by atoms with E-state index in [-0.39, 0.29) is 4.90 Å². The zero-order valence-corrected chi connectivity index (χ0v) is 10.7. The lowest BCUT2D eigenvalue weighted by atomic mass is 10.3. The van der Waals surface area contributed by atoms with E-state index >= 15 is 0 Å². The van der Waals surface area contributed by atoms with Crippen LogP contribution in [-0.4, -0.2) is 44.5 Å². The van der Waals surface area contributed by atoms with Gasteiger partial charge in [-0.15, -0.1) is 0 Å². The van der Waals surface area contributed by atoms with Crippen molar-refractivity contribution in [3.05, 3.63) is 18.2 Å². The molecular formula is C11H13NO6S. The first-order chi connectivity index (χ1) is 8.90. The fraction of sp³-hybridized carbons (Fsp3) is 0.364. The third-order valence-corrected chi connectivity index (χ3v) is 4.36. The van der Waals surface area contributed by atoms with Crippen LogP contribution in [0.2, 0.25) is 0 Å². The maximum absolute atomic E-state index is 12.0. The molecule has 19 heavy (non-hydrogen) atoms. The maximum Gasteiger partial charge on any atom is 0.321 e. The topological polar surface area (TPSA) is 116 Å². The van der Waals surface area contributed by atoms with Crippen molar-refractivity contribution >= 4 is 15.8 Å². The predicted molar refractivity (Wildman–Crippen MR) is 65.1 cm³/mol. The van der Waals surface area contributed by atoms with Gasteiger partial charge in [0, 0.05) is 6.07 Å². The summed E-state index contributed by atoms with van der Waals surface area (Å²) < 4.78 is 34.5. The largest absolute Gasteiger partial charge is 0.486 e. The highest BCUT2D eigenvalue weighted by molar-refractivity contribution is 7.91. The number of rotatable bonds is 4. The van der Waals surface area contributed by atoms with Crippen LogP contribution in [0.4, 0.5) is 0 Å². The molecule has 1 aliphatic rings. The molecule has 1 atom stereocenters. The highest BCUT2D eigenvalue weighted by Crippen LogP contribution is 2.32. The van der Waals surface area contributed by atoms with Crippen LogP contribution in [0.25, 0.3) is 0 Å². The zero-order valence-electron chi connectivity index (χ0n) is 9.90. The molecule has 8 heteroatoms. The average Bonchev–Trinajstić information content (AvgIpc) is 2.37. The molecule has 0 saturated heterocycles. The average molecular weight is 287 g/mol. The maximum atomic E-state index is 12.0. The van der Waals surface area contributed by atoms with Crippen molar-refractivity contribution in [3.8, 4) is 11.5 Å². The number of carbonyl (C=O) groups is 1. The van der Waals surface area contributed by atoms with Crippen LogP contribution in [0.1, 0.15) is 0 Å². The van der Waals surface area contributed by atoms with E-state index in [0.29, 0.717) is 24.7 Å². The fourth-order valence-corrected chi connectivity index (χ4v) is 2.99. The van der Waals surface area contributed by atoms with E-state index in [4.69, 9.17) is 20.3 Å². The Bertz CT molecular complexity index is 597. The molecule has 3 N–H and O–H groups in total. The molecule has 1 heterocycles. The second kappa shape index (κ2) is 5.06. The molecular weight excluding hydrogens is 274 g/mol. The number of aliphatic carboxylic acids is 1. The van der Waals surface area contributed by atoms with Crippen LogP contribution in [-0.2, 0) is 14.6 Å². The summed E-state index contributed by atoms with van der Waals surface area (Å²) in [5, 5.41) is 8.65. The number of carboxylic acid groups (broad SMARTS) is 1. The Morgan fingerprint density at radius 2 is 1.95 bits per heavy atom. The van der Waals surface area contributed by atoms with Crippen molar-refractivity contribution < 1.29 is 27.8 Å². The minimum Gasteiger partial charge on any atom is -0.486 e. The van der Waals surface area contributed by atoms with Gasteiger partial charge >= 0.3 is 5.97 Å². The van der Waals surface area contributed by atoms with Crippen molar-refractivity contribution in [1.29, 1.82) is 0 Å². The number of carboxylic acids is 1. The highest BCUT2D eigenvalue weighted by Gasteiger charge is 2.25. The highest BCUT2D eigenvalue weighted by atomic mass is 32.2. The Morgan fingerprint density at radius 1 is 1.32 bits per heavy atom. The van der Waals surface area contributed by atoms with Crippen LogP contribution in [0.5, 0.6) is 11.5 Å². The molecule has 0 spiro atoms. The molecule has 0 aromatic heterocycles. The molecule has 0 saturated carbocycles. The van der Waals surface area contributed by atoms with E-state index in [0.717, 1.165) is 0 Å². The van der Waals surface area contributed by atoms with Crippen molar-refractivity contribution in [2.75, 3.05) is 19.0 Å². The number of hydrogen-bond acceptors (Lipinski definition) is 6. The van der Waals surface area contributed by atoms with Gasteiger partial charge in [0.25, 0.3) is 0 Å². The van der Waals surface area contributed by atoms with Crippen LogP contribution in [0, 0.1) is 0 Å². The molecule has 0 aliphatic carbocycles. The Hall–Kier alpha value is -1.80. The molecule has 2 rings (SSSR count). The van der Waals surface area contributed by atoms with E-state index in [1.807, 2.05) is 0 Å². The summed E-state index contributed by atoms with van der Waals surface area (Å²) in [5.41, 5.74) is 5.24. The number of benzene rings is 1. The van der Waals surface area contributed by atoms with Gasteiger partial charge < -0.3 is 20.3 Å². The number of hydrogen-bond donors (Lipinski definition) is 2. The van der Waals surface area contributed by atoms with Crippen molar-refractivity contribution in [1.82, 2.24) is 0 Å². The molecule has 1 unspecified atom stereocenters. The van der Waals surface area contributed by atoms with E-state index in [2.05, 4.69) is 0 Å². The minimum atomic E-state index is -3.78. The first-order valence-electron chi connectivity index (χ1n) is 5.51. The lowest BCUT2D eigenvalue weighted by Gasteiger charge is -2.19. The van der Waals surface area contributed by atoms with Crippen molar-refractivity contribution in [3.63, 3.8) is 0 Å². The van der Waals surface area contributed by atoms with Gasteiger partial charge in [0.15, 0.2) is 21.3 Å². The summed E-state index contributed by atoms with van der Waals surface area (Å²) in [5.74, 6) is -1.23. The van der Waals surface area contributed by atoms with Crippen LogP contribution in [0.3, 0.4) is 0 Å². The van der Waals surface area contributed by atoms with Crippen LogP contribution < -0.4 is 15.2 Å². The first-order valence-corrected chi connectivity index (χ1v) is 7.16. The monoisotopic (exact) mass is 287 g/mol. The molecule has 0 bridgehead atoms. The SMILES string of the molecule is NC(CS(=O)(=O)c1ccc2c(c1)OCCO2)C(=O)O. The second-order valence-corrected chi connectivity index (χ2v) is 6.07. The number of nitrogens with two attached hydrogens (primary N) is 1. The first kappa shape index (κ1) is 13.6. The number of fused-ring (bicyclic) bond motifs is 1. The molecule has 7 nitrogen and oxygen atoms in total. The van der Waals surface area contributed by atoms with Gasteiger partial charge in [0.05, 0.1) is 10.6 Å². The molecule has 0 amide bonds. The second-order valence-electron chi connectivity index (χ2n) is 4.03. The number of ether oxygens (including phenoxy) is 2. The van der Waals surface area contributed by atoms with Crippen LogP contribution in [0.15, 0.2) is 23.1 Å². The van der Waals surface area contributed by atoms with Crippen molar-refractivity contribution in [2.45, 2.75) is 10.9 Å². The van der Waals surface area contributed by atoms with Gasteiger partial charge in [-0.3, -0.25) is 4.79 Å². The zero-order chi connectivity index (χ0) is 14.0. The minimum absolute atomic E-state index is 0.0338. The smallest absolute Gasteiger partial charge is 0.321 e. The normalized spacial score (nSPS) is 15.8. The summed E-state index contributed by atoms with van der Waals surface area (Å²) in [6.45, 7) is 0.744. The Labute approximate surface area is 109 Å². The van der Waals surface area contributed by atoms with Gasteiger partial charge in [-0.25, -0.2) is 8.42 Å². The van der Waals surface area contributed by atoms with Gasteiger partial charge in [0.2, 0.25) is 0 Å². The van der Waals surface area contributed by atoms with E-state index in [9.17, 15) is 13.2 Å². The van der Waals surface area contributed by atoms with Gasteiger partial charge in [-0.1, -0.05) is 0 Å². The molecule has 0 radical (unpaired) electrons. The predicted octanol–water partition coefficient (Wildman–Crippen LogP) is -0.357. The standard InChI is InChI=1S/C11H13NO6S/c12-8(11(13)14)6-19(15,16)7-1-2-9-10(5-7)18-4-3-17-9/h1-2,5,8H,3-4,6,12H2,(H,13,14). The number of sulfone groups is 1. The molecule has 1 aromatic carbocycles. The fourth-order valence-electron chi connectivity index (χ4n) is 1.62. The molecule has 1 aromatic rings. The van der Waals surface area contributed by atoms with E-state index < -0.39 is 27.6 Å². The summed E-state index contributed by atoms with van der Waals surface area (Å²) in [6, 6.07) is 2.68. The molecule has 1 aliphatic heterocycles.